The van der Waals surface area contributed by atoms with Gasteiger partial charge in [-0.05, 0) is 53.7 Å². The summed E-state index contributed by atoms with van der Waals surface area (Å²) in [6.45, 7) is 1.65. The monoisotopic (exact) mass is 345 g/mol. The molecule has 0 amide bonds. The van der Waals surface area contributed by atoms with E-state index < -0.39 is 11.6 Å². The molecule has 1 nitrogen and oxygen atoms in total. The molecule has 1 atom stereocenters. The Morgan fingerprint density at radius 1 is 1.26 bits per heavy atom. The number of rotatable bonds is 4. The van der Waals surface area contributed by atoms with E-state index in [1.54, 1.807) is 31.4 Å². The van der Waals surface area contributed by atoms with Gasteiger partial charge >= 0.3 is 0 Å². The first-order valence-corrected chi connectivity index (χ1v) is 7.49. The third-order valence-corrected chi connectivity index (χ3v) is 4.68. The number of hydrogen-bond donors (Lipinski definition) is 1. The number of likely N-dealkylation sites (N-methyl/N-ethyl adjacent to an activating group) is 1. The molecule has 2 aromatic rings. The van der Waals surface area contributed by atoms with Crippen LogP contribution in [-0.2, 0) is 6.42 Å². The van der Waals surface area contributed by atoms with E-state index in [1.165, 1.54) is 0 Å². The molecule has 1 aromatic heterocycles. The molecular formula is C14H14BrF2NS. The van der Waals surface area contributed by atoms with Gasteiger partial charge in [-0.25, -0.2) is 8.78 Å². The Morgan fingerprint density at radius 3 is 2.58 bits per heavy atom. The molecule has 2 rings (SSSR count). The number of benzene rings is 1. The number of halogens is 3. The van der Waals surface area contributed by atoms with Crippen molar-refractivity contribution in [1.29, 1.82) is 0 Å². The van der Waals surface area contributed by atoms with Gasteiger partial charge in [0.1, 0.15) is 11.6 Å². The second-order valence-corrected chi connectivity index (χ2v) is 6.92. The predicted molar refractivity (Wildman–Crippen MR) is 78.6 cm³/mol. The van der Waals surface area contributed by atoms with E-state index in [9.17, 15) is 8.78 Å². The first-order chi connectivity index (χ1) is 9.01. The van der Waals surface area contributed by atoms with Crippen LogP contribution in [0, 0.1) is 18.6 Å². The van der Waals surface area contributed by atoms with Crippen LogP contribution >= 0.6 is 27.3 Å². The fraction of sp³-hybridized carbons (Fsp3) is 0.286. The summed E-state index contributed by atoms with van der Waals surface area (Å²) in [5.74, 6) is -1.01. The summed E-state index contributed by atoms with van der Waals surface area (Å²) in [6, 6.07) is 6.35. The van der Waals surface area contributed by atoms with Gasteiger partial charge in [-0.1, -0.05) is 0 Å². The number of hydrogen-bond acceptors (Lipinski definition) is 2. The fourth-order valence-corrected chi connectivity index (χ4v) is 3.51. The smallest absolute Gasteiger partial charge is 0.130 e. The van der Waals surface area contributed by atoms with Crippen LogP contribution in [0.3, 0.4) is 0 Å². The Balaban J connectivity index is 2.29. The maximum atomic E-state index is 13.9. The van der Waals surface area contributed by atoms with Crippen molar-refractivity contribution in [3.05, 3.63) is 55.7 Å². The Hall–Kier alpha value is -0.780. The Bertz CT molecular complexity index is 583. The molecule has 5 heteroatoms. The maximum Gasteiger partial charge on any atom is 0.130 e. The largest absolute Gasteiger partial charge is 0.313 e. The minimum atomic E-state index is -0.505. The zero-order valence-electron chi connectivity index (χ0n) is 10.6. The van der Waals surface area contributed by atoms with Crippen LogP contribution in [0.4, 0.5) is 8.78 Å². The highest BCUT2D eigenvalue weighted by atomic mass is 79.9. The summed E-state index contributed by atoms with van der Waals surface area (Å²) in [4.78, 5) is 1.15. The van der Waals surface area contributed by atoms with Crippen LogP contribution in [0.1, 0.15) is 22.0 Å². The zero-order valence-corrected chi connectivity index (χ0v) is 13.0. The van der Waals surface area contributed by atoms with Gasteiger partial charge in [-0.3, -0.25) is 0 Å². The van der Waals surface area contributed by atoms with Crippen molar-refractivity contribution >= 4 is 27.3 Å². The minimum Gasteiger partial charge on any atom is -0.313 e. The summed E-state index contributed by atoms with van der Waals surface area (Å²) in [7, 11) is 1.78. The van der Waals surface area contributed by atoms with E-state index in [0.717, 1.165) is 14.7 Å². The van der Waals surface area contributed by atoms with Gasteiger partial charge in [0.2, 0.25) is 0 Å². The highest BCUT2D eigenvalue weighted by molar-refractivity contribution is 9.11. The fourth-order valence-electron chi connectivity index (χ4n) is 1.98. The molecule has 0 fully saturated rings. The molecule has 0 aliphatic heterocycles. The molecule has 19 heavy (non-hydrogen) atoms. The summed E-state index contributed by atoms with van der Waals surface area (Å²) in [5.41, 5.74) is 0.968. The van der Waals surface area contributed by atoms with Crippen molar-refractivity contribution < 1.29 is 8.78 Å². The Labute approximate surface area is 123 Å². The lowest BCUT2D eigenvalue weighted by Gasteiger charge is -2.17. The summed E-state index contributed by atoms with van der Waals surface area (Å²) < 4.78 is 28.2. The lowest BCUT2D eigenvalue weighted by Crippen LogP contribution is -2.20. The Kier molecular flexibility index (Phi) is 4.71. The van der Waals surface area contributed by atoms with Crippen molar-refractivity contribution in [2.24, 2.45) is 0 Å². The average Bonchev–Trinajstić information content (AvgIpc) is 2.77. The van der Waals surface area contributed by atoms with Gasteiger partial charge in [-0.15, -0.1) is 11.3 Å². The predicted octanol–water partition coefficient (Wildman–Crippen LogP) is 4.60. The first kappa shape index (κ1) is 14.6. The quantitative estimate of drug-likeness (QED) is 0.853. The molecular weight excluding hydrogens is 332 g/mol. The van der Waals surface area contributed by atoms with Crippen LogP contribution in [-0.4, -0.2) is 7.05 Å². The standard InChI is InChI=1S/C14H14BrF2NS/c1-8-5-10(12(17)7-11(8)16)13(18-2)6-9-3-4-14(15)19-9/h3-5,7,13,18H,6H2,1-2H3. The highest BCUT2D eigenvalue weighted by Gasteiger charge is 2.17. The SMILES string of the molecule is CNC(Cc1ccc(Br)s1)c1cc(C)c(F)cc1F. The molecule has 1 unspecified atom stereocenters. The van der Waals surface area contributed by atoms with Gasteiger partial charge in [0.05, 0.1) is 3.79 Å². The van der Waals surface area contributed by atoms with Crippen molar-refractivity contribution in [1.82, 2.24) is 5.32 Å². The maximum absolute atomic E-state index is 13.9. The molecule has 1 aromatic carbocycles. The lowest BCUT2D eigenvalue weighted by molar-refractivity contribution is 0.521. The molecule has 1 N–H and O–H groups in total. The van der Waals surface area contributed by atoms with Crippen LogP contribution in [0.2, 0.25) is 0 Å². The second kappa shape index (κ2) is 6.11. The lowest BCUT2D eigenvalue weighted by atomic mass is 10.00. The average molecular weight is 346 g/mol. The number of thiophene rings is 1. The third-order valence-electron chi connectivity index (χ3n) is 3.04. The summed E-state index contributed by atoms with van der Waals surface area (Å²) in [5, 5.41) is 3.09. The van der Waals surface area contributed by atoms with E-state index in [4.69, 9.17) is 0 Å². The number of nitrogens with one attached hydrogen (secondary N) is 1. The molecule has 0 spiro atoms. The third kappa shape index (κ3) is 3.41. The molecule has 102 valence electrons. The Morgan fingerprint density at radius 2 is 2.00 bits per heavy atom. The van der Waals surface area contributed by atoms with Crippen LogP contribution in [0.25, 0.3) is 0 Å². The van der Waals surface area contributed by atoms with E-state index >= 15 is 0 Å². The second-order valence-electron chi connectivity index (χ2n) is 4.37. The molecule has 0 saturated carbocycles. The van der Waals surface area contributed by atoms with Crippen LogP contribution in [0.15, 0.2) is 28.1 Å². The molecule has 0 saturated heterocycles. The van der Waals surface area contributed by atoms with Crippen LogP contribution < -0.4 is 5.32 Å². The van der Waals surface area contributed by atoms with Gasteiger partial charge in [0, 0.05) is 29.0 Å². The van der Waals surface area contributed by atoms with E-state index in [0.29, 0.717) is 17.5 Å². The minimum absolute atomic E-state index is 0.162. The van der Waals surface area contributed by atoms with Gasteiger partial charge in [0.15, 0.2) is 0 Å². The van der Waals surface area contributed by atoms with Crippen molar-refractivity contribution in [2.75, 3.05) is 7.05 Å². The van der Waals surface area contributed by atoms with Gasteiger partial charge < -0.3 is 5.32 Å². The van der Waals surface area contributed by atoms with Crippen molar-refractivity contribution in [2.45, 2.75) is 19.4 Å². The molecule has 0 aliphatic rings. The van der Waals surface area contributed by atoms with Crippen molar-refractivity contribution in [3.63, 3.8) is 0 Å². The van der Waals surface area contributed by atoms with Gasteiger partial charge in [-0.2, -0.15) is 0 Å². The molecule has 0 bridgehead atoms. The zero-order chi connectivity index (χ0) is 14.0. The highest BCUT2D eigenvalue weighted by Crippen LogP contribution is 2.28. The van der Waals surface area contributed by atoms with E-state index in [2.05, 4.69) is 21.2 Å². The summed E-state index contributed by atoms with van der Waals surface area (Å²) in [6.07, 6.45) is 0.675. The number of aryl methyl sites for hydroxylation is 1. The van der Waals surface area contributed by atoms with Crippen molar-refractivity contribution in [3.8, 4) is 0 Å². The van der Waals surface area contributed by atoms with E-state index in [-0.39, 0.29) is 6.04 Å². The topological polar surface area (TPSA) is 12.0 Å². The summed E-state index contributed by atoms with van der Waals surface area (Å²) >= 11 is 5.03. The molecule has 1 heterocycles. The normalized spacial score (nSPS) is 12.7. The van der Waals surface area contributed by atoms with Crippen LogP contribution in [0.5, 0.6) is 0 Å². The molecule has 0 aliphatic carbocycles. The first-order valence-electron chi connectivity index (χ1n) is 5.88. The van der Waals surface area contributed by atoms with E-state index in [1.807, 2.05) is 12.1 Å². The van der Waals surface area contributed by atoms with Gasteiger partial charge in [0.25, 0.3) is 0 Å². The molecule has 0 radical (unpaired) electrons.